The summed E-state index contributed by atoms with van der Waals surface area (Å²) in [4.78, 5) is 15.6. The van der Waals surface area contributed by atoms with Gasteiger partial charge in [-0.05, 0) is 37.6 Å². The van der Waals surface area contributed by atoms with Crippen molar-refractivity contribution in [2.75, 3.05) is 26.8 Å². The fourth-order valence-electron chi connectivity index (χ4n) is 2.90. The Balaban J connectivity index is 1.55. The van der Waals surface area contributed by atoms with Gasteiger partial charge in [0, 0.05) is 31.0 Å². The van der Waals surface area contributed by atoms with E-state index in [1.165, 1.54) is 10.5 Å². The summed E-state index contributed by atoms with van der Waals surface area (Å²) in [5.74, 6) is 2.41. The van der Waals surface area contributed by atoms with E-state index in [4.69, 9.17) is 9.15 Å². The number of carbonyl (C=O) groups is 1. The van der Waals surface area contributed by atoms with Crippen LogP contribution in [0.25, 0.3) is 0 Å². The zero-order valence-corrected chi connectivity index (χ0v) is 15.0. The lowest BCUT2D eigenvalue weighted by molar-refractivity contribution is 0.0742. The van der Waals surface area contributed by atoms with Crippen molar-refractivity contribution in [3.8, 4) is 0 Å². The van der Waals surface area contributed by atoms with Crippen LogP contribution in [0.3, 0.4) is 0 Å². The summed E-state index contributed by atoms with van der Waals surface area (Å²) in [6, 6.07) is 12.1. The number of benzene rings is 1. The number of likely N-dealkylation sites (tertiary alicyclic amines) is 1. The lowest BCUT2D eigenvalue weighted by atomic mass is 10.1. The van der Waals surface area contributed by atoms with Gasteiger partial charge < -0.3 is 14.1 Å². The third kappa shape index (κ3) is 4.22. The molecule has 2 heterocycles. The molecule has 1 aliphatic heterocycles. The number of rotatable bonds is 6. The highest BCUT2D eigenvalue weighted by Gasteiger charge is 2.28. The zero-order valence-electron chi connectivity index (χ0n) is 14.2. The molecule has 1 aromatic carbocycles. The van der Waals surface area contributed by atoms with Gasteiger partial charge in [-0.15, -0.1) is 11.8 Å². The van der Waals surface area contributed by atoms with Gasteiger partial charge in [-0.1, -0.05) is 17.7 Å². The minimum absolute atomic E-state index is 0.0137. The number of furan rings is 1. The van der Waals surface area contributed by atoms with Crippen LogP contribution in [0.5, 0.6) is 0 Å². The maximum absolute atomic E-state index is 12.5. The summed E-state index contributed by atoms with van der Waals surface area (Å²) >= 11 is 1.71. The minimum atomic E-state index is -0.0137. The van der Waals surface area contributed by atoms with Crippen molar-refractivity contribution in [2.45, 2.75) is 24.0 Å². The molecule has 1 fully saturated rings. The average molecular weight is 345 g/mol. The van der Waals surface area contributed by atoms with Gasteiger partial charge in [-0.3, -0.25) is 4.79 Å². The predicted octanol–water partition coefficient (Wildman–Crippen LogP) is 3.99. The number of ether oxygens (including phenoxy) is 1. The first kappa shape index (κ1) is 17.1. The number of hydrogen-bond acceptors (Lipinski definition) is 4. The third-order valence-electron chi connectivity index (χ3n) is 4.25. The van der Waals surface area contributed by atoms with E-state index in [9.17, 15) is 4.79 Å². The second-order valence-electron chi connectivity index (χ2n) is 6.23. The Bertz CT molecular complexity index is 680. The second-order valence-corrected chi connectivity index (χ2v) is 7.28. The van der Waals surface area contributed by atoms with Crippen molar-refractivity contribution in [1.29, 1.82) is 0 Å². The zero-order chi connectivity index (χ0) is 16.9. The van der Waals surface area contributed by atoms with Crippen LogP contribution in [0.4, 0.5) is 0 Å². The van der Waals surface area contributed by atoms with Gasteiger partial charge >= 0.3 is 0 Å². The number of aryl methyl sites for hydroxylation is 1. The first-order chi connectivity index (χ1) is 11.7. The van der Waals surface area contributed by atoms with E-state index in [0.717, 1.165) is 31.0 Å². The molecule has 128 valence electrons. The molecule has 2 aromatic rings. The Kier molecular flexibility index (Phi) is 5.63. The average Bonchev–Trinajstić information content (AvgIpc) is 3.24. The molecule has 1 aromatic heterocycles. The highest BCUT2D eigenvalue weighted by atomic mass is 32.2. The van der Waals surface area contributed by atoms with E-state index in [-0.39, 0.29) is 5.91 Å². The van der Waals surface area contributed by atoms with Crippen LogP contribution in [-0.4, -0.2) is 37.6 Å². The number of hydrogen-bond donors (Lipinski definition) is 0. The minimum Gasteiger partial charge on any atom is -0.455 e. The summed E-state index contributed by atoms with van der Waals surface area (Å²) in [7, 11) is 1.70. The molecule has 0 N–H and O–H groups in total. The Morgan fingerprint density at radius 1 is 1.29 bits per heavy atom. The Hall–Kier alpha value is -1.72. The molecule has 1 amide bonds. The van der Waals surface area contributed by atoms with Gasteiger partial charge in [-0.25, -0.2) is 0 Å². The SMILES string of the molecule is COC[C@@H]1CCN(C(=O)c2ccc(CSc3ccc(C)cc3)o2)C1. The van der Waals surface area contributed by atoms with Crippen LogP contribution in [0.1, 0.15) is 28.3 Å². The topological polar surface area (TPSA) is 42.7 Å². The van der Waals surface area contributed by atoms with Crippen LogP contribution in [0.2, 0.25) is 0 Å². The van der Waals surface area contributed by atoms with Crippen molar-refractivity contribution in [3.05, 3.63) is 53.5 Å². The summed E-state index contributed by atoms with van der Waals surface area (Å²) < 4.78 is 10.9. The van der Waals surface area contributed by atoms with E-state index >= 15 is 0 Å². The van der Waals surface area contributed by atoms with Gasteiger partial charge in [0.05, 0.1) is 12.4 Å². The molecule has 0 aliphatic carbocycles. The van der Waals surface area contributed by atoms with E-state index in [2.05, 4.69) is 31.2 Å². The van der Waals surface area contributed by atoms with Crippen molar-refractivity contribution in [1.82, 2.24) is 4.90 Å². The lowest BCUT2D eigenvalue weighted by Crippen LogP contribution is -2.28. The molecule has 0 bridgehead atoms. The highest BCUT2D eigenvalue weighted by Crippen LogP contribution is 2.25. The Labute approximate surface area is 147 Å². The molecule has 0 spiro atoms. The molecular weight excluding hydrogens is 322 g/mol. The Morgan fingerprint density at radius 2 is 2.08 bits per heavy atom. The van der Waals surface area contributed by atoms with Crippen LogP contribution in [0, 0.1) is 12.8 Å². The summed E-state index contributed by atoms with van der Waals surface area (Å²) in [6.07, 6.45) is 0.996. The normalized spacial score (nSPS) is 17.4. The molecule has 5 heteroatoms. The van der Waals surface area contributed by atoms with Crippen LogP contribution >= 0.6 is 11.8 Å². The van der Waals surface area contributed by atoms with Gasteiger partial charge in [0.1, 0.15) is 5.76 Å². The number of thioether (sulfide) groups is 1. The first-order valence-corrected chi connectivity index (χ1v) is 9.20. The van der Waals surface area contributed by atoms with E-state index in [0.29, 0.717) is 18.3 Å². The standard InChI is InChI=1S/C19H23NO3S/c1-14-3-6-17(7-4-14)24-13-16-5-8-18(23-16)19(21)20-10-9-15(11-20)12-22-2/h3-8,15H,9-13H2,1-2H3/t15-/m1/s1. The van der Waals surface area contributed by atoms with Crippen molar-refractivity contribution in [3.63, 3.8) is 0 Å². The van der Waals surface area contributed by atoms with Gasteiger partial charge in [0.2, 0.25) is 0 Å². The fraction of sp³-hybridized carbons (Fsp3) is 0.421. The number of carbonyl (C=O) groups excluding carboxylic acids is 1. The molecule has 0 unspecified atom stereocenters. The molecule has 0 radical (unpaired) electrons. The smallest absolute Gasteiger partial charge is 0.289 e. The largest absolute Gasteiger partial charge is 0.455 e. The van der Waals surface area contributed by atoms with Gasteiger partial charge in [-0.2, -0.15) is 0 Å². The van der Waals surface area contributed by atoms with Crippen molar-refractivity contribution < 1.29 is 13.9 Å². The Morgan fingerprint density at radius 3 is 2.83 bits per heavy atom. The van der Waals surface area contributed by atoms with Gasteiger partial charge in [0.15, 0.2) is 5.76 Å². The molecule has 3 rings (SSSR count). The molecule has 1 atom stereocenters. The quantitative estimate of drug-likeness (QED) is 0.743. The number of methoxy groups -OCH3 is 1. The molecular formula is C19H23NO3S. The summed E-state index contributed by atoms with van der Waals surface area (Å²) in [5, 5.41) is 0. The molecule has 4 nitrogen and oxygen atoms in total. The van der Waals surface area contributed by atoms with Crippen LogP contribution in [0.15, 0.2) is 45.7 Å². The lowest BCUT2D eigenvalue weighted by Gasteiger charge is -2.14. The maximum Gasteiger partial charge on any atom is 0.289 e. The second kappa shape index (κ2) is 7.90. The predicted molar refractivity (Wildman–Crippen MR) is 95.3 cm³/mol. The maximum atomic E-state index is 12.5. The highest BCUT2D eigenvalue weighted by molar-refractivity contribution is 7.98. The fourth-order valence-corrected chi connectivity index (χ4v) is 3.70. The van der Waals surface area contributed by atoms with Crippen molar-refractivity contribution in [2.24, 2.45) is 5.92 Å². The van der Waals surface area contributed by atoms with Crippen LogP contribution in [-0.2, 0) is 10.5 Å². The van der Waals surface area contributed by atoms with E-state index in [1.807, 2.05) is 11.0 Å². The number of nitrogens with zero attached hydrogens (tertiary/aromatic N) is 1. The third-order valence-corrected chi connectivity index (χ3v) is 5.28. The monoisotopic (exact) mass is 345 g/mol. The van der Waals surface area contributed by atoms with E-state index in [1.54, 1.807) is 24.9 Å². The molecule has 24 heavy (non-hydrogen) atoms. The first-order valence-electron chi connectivity index (χ1n) is 8.22. The van der Waals surface area contributed by atoms with E-state index < -0.39 is 0 Å². The van der Waals surface area contributed by atoms with Gasteiger partial charge in [0.25, 0.3) is 5.91 Å². The number of amides is 1. The van der Waals surface area contributed by atoms with Crippen LogP contribution < -0.4 is 0 Å². The van der Waals surface area contributed by atoms with Crippen molar-refractivity contribution >= 4 is 17.7 Å². The molecule has 1 saturated heterocycles. The molecule has 0 saturated carbocycles. The summed E-state index contributed by atoms with van der Waals surface area (Å²) in [6.45, 7) is 4.32. The summed E-state index contributed by atoms with van der Waals surface area (Å²) in [5.41, 5.74) is 1.25. The molecule has 1 aliphatic rings.